The maximum absolute atomic E-state index is 12.3. The Balaban J connectivity index is 1.54. The fourth-order valence-corrected chi connectivity index (χ4v) is 3.47. The Bertz CT molecular complexity index is 463. The van der Waals surface area contributed by atoms with E-state index in [1.807, 2.05) is 35.2 Å². The van der Waals surface area contributed by atoms with Gasteiger partial charge in [-0.15, -0.1) is 0 Å². The number of nitrogens with one attached hydrogen (secondary N) is 1. The highest BCUT2D eigenvalue weighted by Crippen LogP contribution is 2.30. The number of carbonyl (C=O) groups excluding carboxylic acids is 1. The average Bonchev–Trinajstić information content (AvgIpc) is 3.09. The first-order valence-corrected chi connectivity index (χ1v) is 8.01. The predicted octanol–water partition coefficient (Wildman–Crippen LogP) is 1.71. The van der Waals surface area contributed by atoms with Gasteiger partial charge in [-0.05, 0) is 43.7 Å². The minimum atomic E-state index is -0.409. The molecule has 2 aliphatic rings. The summed E-state index contributed by atoms with van der Waals surface area (Å²) in [6.07, 6.45) is 3.42. The molecule has 0 spiro atoms. The SMILES string of the molecule is O=C(C1CCCN1)N1CCC(C(O)c2ccccc2)CC1. The lowest BCUT2D eigenvalue weighted by molar-refractivity contribution is -0.135. The highest BCUT2D eigenvalue weighted by molar-refractivity contribution is 5.82. The summed E-state index contributed by atoms with van der Waals surface area (Å²) in [6, 6.07) is 9.87. The molecule has 21 heavy (non-hydrogen) atoms. The lowest BCUT2D eigenvalue weighted by Crippen LogP contribution is -2.47. The molecule has 0 saturated carbocycles. The molecule has 0 bridgehead atoms. The van der Waals surface area contributed by atoms with E-state index in [-0.39, 0.29) is 17.9 Å². The van der Waals surface area contributed by atoms with Crippen molar-refractivity contribution in [1.82, 2.24) is 10.2 Å². The molecule has 4 nitrogen and oxygen atoms in total. The Morgan fingerprint density at radius 3 is 2.52 bits per heavy atom. The molecule has 1 amide bonds. The summed E-state index contributed by atoms with van der Waals surface area (Å²) in [5.41, 5.74) is 0.986. The third-order valence-corrected chi connectivity index (χ3v) is 4.80. The third kappa shape index (κ3) is 3.27. The normalized spacial score (nSPS) is 25.0. The van der Waals surface area contributed by atoms with Crippen molar-refractivity contribution in [2.24, 2.45) is 5.92 Å². The van der Waals surface area contributed by atoms with Crippen LogP contribution < -0.4 is 5.32 Å². The molecule has 2 atom stereocenters. The third-order valence-electron chi connectivity index (χ3n) is 4.80. The van der Waals surface area contributed by atoms with Gasteiger partial charge in [0.1, 0.15) is 0 Å². The minimum Gasteiger partial charge on any atom is -0.388 e. The summed E-state index contributed by atoms with van der Waals surface area (Å²) in [4.78, 5) is 14.3. The molecule has 1 aromatic carbocycles. The summed E-state index contributed by atoms with van der Waals surface area (Å²) in [5.74, 6) is 0.508. The van der Waals surface area contributed by atoms with Gasteiger partial charge in [0.05, 0.1) is 12.1 Å². The lowest BCUT2D eigenvalue weighted by Gasteiger charge is -2.35. The van der Waals surface area contributed by atoms with Crippen molar-refractivity contribution in [2.45, 2.75) is 37.8 Å². The number of likely N-dealkylation sites (tertiary alicyclic amines) is 1. The van der Waals surface area contributed by atoms with Gasteiger partial charge in [0.25, 0.3) is 0 Å². The van der Waals surface area contributed by atoms with Crippen molar-refractivity contribution in [2.75, 3.05) is 19.6 Å². The number of nitrogens with zero attached hydrogens (tertiary/aromatic N) is 1. The van der Waals surface area contributed by atoms with Crippen molar-refractivity contribution in [3.8, 4) is 0 Å². The highest BCUT2D eigenvalue weighted by atomic mass is 16.3. The quantitative estimate of drug-likeness (QED) is 0.890. The van der Waals surface area contributed by atoms with Gasteiger partial charge in [0.2, 0.25) is 5.91 Å². The Labute approximate surface area is 126 Å². The molecule has 2 fully saturated rings. The zero-order valence-electron chi connectivity index (χ0n) is 12.4. The second-order valence-corrected chi connectivity index (χ2v) is 6.17. The number of carbonyl (C=O) groups is 1. The van der Waals surface area contributed by atoms with E-state index in [4.69, 9.17) is 0 Å². The molecule has 2 N–H and O–H groups in total. The summed E-state index contributed by atoms with van der Waals surface area (Å²) < 4.78 is 0. The Morgan fingerprint density at radius 2 is 1.90 bits per heavy atom. The van der Waals surface area contributed by atoms with Crippen LogP contribution in [0.5, 0.6) is 0 Å². The Kier molecular flexibility index (Phi) is 4.56. The first-order chi connectivity index (χ1) is 10.3. The van der Waals surface area contributed by atoms with Gasteiger partial charge < -0.3 is 15.3 Å². The molecule has 2 saturated heterocycles. The summed E-state index contributed by atoms with van der Waals surface area (Å²) >= 11 is 0. The summed E-state index contributed by atoms with van der Waals surface area (Å²) in [5, 5.41) is 13.7. The average molecular weight is 288 g/mol. The van der Waals surface area contributed by atoms with Gasteiger partial charge in [0.15, 0.2) is 0 Å². The monoisotopic (exact) mass is 288 g/mol. The maximum Gasteiger partial charge on any atom is 0.239 e. The molecule has 3 rings (SSSR count). The molecule has 1 aromatic rings. The van der Waals surface area contributed by atoms with Gasteiger partial charge in [-0.1, -0.05) is 30.3 Å². The number of benzene rings is 1. The standard InChI is InChI=1S/C17H24N2O2/c20-16(13-5-2-1-3-6-13)14-8-11-19(12-9-14)17(21)15-7-4-10-18-15/h1-3,5-6,14-16,18,20H,4,7-12H2. The zero-order valence-corrected chi connectivity index (χ0v) is 12.4. The highest BCUT2D eigenvalue weighted by Gasteiger charge is 2.32. The van der Waals surface area contributed by atoms with E-state index in [0.717, 1.165) is 50.9 Å². The first kappa shape index (κ1) is 14.5. The number of aliphatic hydroxyl groups is 1. The van der Waals surface area contributed by atoms with E-state index in [2.05, 4.69) is 5.32 Å². The van der Waals surface area contributed by atoms with E-state index >= 15 is 0 Å². The van der Waals surface area contributed by atoms with Crippen LogP contribution in [0.2, 0.25) is 0 Å². The molecule has 114 valence electrons. The molecule has 0 radical (unpaired) electrons. The lowest BCUT2D eigenvalue weighted by atomic mass is 9.87. The van der Waals surface area contributed by atoms with Gasteiger partial charge in [-0.3, -0.25) is 4.79 Å². The van der Waals surface area contributed by atoms with Crippen LogP contribution in [0.15, 0.2) is 30.3 Å². The number of hydrogen-bond acceptors (Lipinski definition) is 3. The molecular formula is C17H24N2O2. The van der Waals surface area contributed by atoms with Crippen molar-refractivity contribution < 1.29 is 9.90 Å². The molecule has 2 heterocycles. The topological polar surface area (TPSA) is 52.6 Å². The molecule has 0 aliphatic carbocycles. The van der Waals surface area contributed by atoms with Gasteiger partial charge in [-0.25, -0.2) is 0 Å². The minimum absolute atomic E-state index is 0.0283. The maximum atomic E-state index is 12.3. The fraction of sp³-hybridized carbons (Fsp3) is 0.588. The predicted molar refractivity (Wildman–Crippen MR) is 81.7 cm³/mol. The van der Waals surface area contributed by atoms with Crippen LogP contribution in [-0.2, 0) is 4.79 Å². The Hall–Kier alpha value is -1.39. The van der Waals surface area contributed by atoms with Crippen molar-refractivity contribution in [1.29, 1.82) is 0 Å². The van der Waals surface area contributed by atoms with Crippen LogP contribution in [0.3, 0.4) is 0 Å². The number of rotatable bonds is 3. The summed E-state index contributed by atoms with van der Waals surface area (Å²) in [7, 11) is 0. The van der Waals surface area contributed by atoms with Crippen LogP contribution >= 0.6 is 0 Å². The number of hydrogen-bond donors (Lipinski definition) is 2. The van der Waals surface area contributed by atoms with Gasteiger partial charge >= 0.3 is 0 Å². The second-order valence-electron chi connectivity index (χ2n) is 6.17. The fourth-order valence-electron chi connectivity index (χ4n) is 3.47. The molecule has 4 heteroatoms. The van der Waals surface area contributed by atoms with E-state index in [0.29, 0.717) is 0 Å². The smallest absolute Gasteiger partial charge is 0.239 e. The molecule has 2 unspecified atom stereocenters. The van der Waals surface area contributed by atoms with Gasteiger partial charge in [0, 0.05) is 13.1 Å². The summed E-state index contributed by atoms with van der Waals surface area (Å²) in [6.45, 7) is 2.50. The van der Waals surface area contributed by atoms with Gasteiger partial charge in [-0.2, -0.15) is 0 Å². The van der Waals surface area contributed by atoms with Crippen LogP contribution in [-0.4, -0.2) is 41.6 Å². The number of piperidine rings is 1. The zero-order chi connectivity index (χ0) is 14.7. The number of aliphatic hydroxyl groups excluding tert-OH is 1. The second kappa shape index (κ2) is 6.58. The van der Waals surface area contributed by atoms with Crippen LogP contribution in [0.25, 0.3) is 0 Å². The molecular weight excluding hydrogens is 264 g/mol. The van der Waals surface area contributed by atoms with E-state index in [1.165, 1.54) is 0 Å². The largest absolute Gasteiger partial charge is 0.388 e. The van der Waals surface area contributed by atoms with E-state index in [9.17, 15) is 9.90 Å². The van der Waals surface area contributed by atoms with E-state index < -0.39 is 6.10 Å². The molecule has 2 aliphatic heterocycles. The van der Waals surface area contributed by atoms with Crippen LogP contribution in [0.4, 0.5) is 0 Å². The van der Waals surface area contributed by atoms with E-state index in [1.54, 1.807) is 0 Å². The van der Waals surface area contributed by atoms with Crippen LogP contribution in [0.1, 0.15) is 37.4 Å². The first-order valence-electron chi connectivity index (χ1n) is 8.01. The van der Waals surface area contributed by atoms with Crippen molar-refractivity contribution >= 4 is 5.91 Å². The van der Waals surface area contributed by atoms with Crippen molar-refractivity contribution in [3.63, 3.8) is 0 Å². The molecule has 0 aromatic heterocycles. The Morgan fingerprint density at radius 1 is 1.19 bits per heavy atom. The number of amides is 1. The van der Waals surface area contributed by atoms with Crippen molar-refractivity contribution in [3.05, 3.63) is 35.9 Å². The van der Waals surface area contributed by atoms with Crippen LogP contribution in [0, 0.1) is 5.92 Å².